The number of hydrogen-bond acceptors (Lipinski definition) is 8. The molecule has 0 saturated carbocycles. The molecule has 0 bridgehead atoms. The van der Waals surface area contributed by atoms with Crippen molar-refractivity contribution in [3.63, 3.8) is 0 Å². The highest BCUT2D eigenvalue weighted by atomic mass is 32.2. The predicted molar refractivity (Wildman–Crippen MR) is 144 cm³/mol. The highest BCUT2D eigenvalue weighted by Gasteiger charge is 2.39. The first kappa shape index (κ1) is 30.1. The maximum absolute atomic E-state index is 14.7. The van der Waals surface area contributed by atoms with Crippen LogP contribution in [0.25, 0.3) is 22.2 Å². The van der Waals surface area contributed by atoms with E-state index in [1.807, 2.05) is 0 Å². The Labute approximate surface area is 242 Å². The zero-order valence-electron chi connectivity index (χ0n) is 22.6. The van der Waals surface area contributed by atoms with Gasteiger partial charge in [0.1, 0.15) is 4.90 Å². The van der Waals surface area contributed by atoms with Crippen molar-refractivity contribution in [2.75, 3.05) is 13.7 Å². The smallest absolute Gasteiger partial charge is 0.277 e. The summed E-state index contributed by atoms with van der Waals surface area (Å²) in [7, 11) is -3.31. The van der Waals surface area contributed by atoms with E-state index in [1.165, 1.54) is 19.4 Å². The normalized spacial score (nSPS) is 17.4. The Bertz CT molecular complexity index is 1840. The molecule has 4 aromatic rings. The molecule has 0 saturated heterocycles. The van der Waals surface area contributed by atoms with Gasteiger partial charge in [-0.3, -0.25) is 9.78 Å². The Hall–Kier alpha value is -4.40. The molecule has 1 amide bonds. The number of carbonyl (C=O) groups excluding carboxylic acids is 1. The number of benzene rings is 1. The molecular weight excluding hydrogens is 599 g/mol. The van der Waals surface area contributed by atoms with Gasteiger partial charge in [0.2, 0.25) is 26.9 Å². The number of fused-ring (bicyclic) bond motifs is 2. The van der Waals surface area contributed by atoms with Crippen LogP contribution < -0.4 is 14.8 Å². The lowest BCUT2D eigenvalue weighted by Crippen LogP contribution is -2.26. The summed E-state index contributed by atoms with van der Waals surface area (Å²) in [5, 5.41) is 3.12. The summed E-state index contributed by atoms with van der Waals surface area (Å²) < 4.78 is 105. The lowest BCUT2D eigenvalue weighted by atomic mass is 10.0. The predicted octanol–water partition coefficient (Wildman–Crippen LogP) is 5.07. The third-order valence-corrected chi connectivity index (χ3v) is 8.63. The molecule has 1 aliphatic rings. The number of carbonyl (C=O) groups is 1. The average Bonchev–Trinajstić information content (AvgIpc) is 3.10. The number of methoxy groups -OCH3 is 1. The number of aromatic nitrogens is 3. The van der Waals surface area contributed by atoms with Crippen LogP contribution in [0.4, 0.5) is 22.0 Å². The number of sulfone groups is 1. The maximum atomic E-state index is 14.7. The maximum Gasteiger partial charge on any atom is 0.277 e. The van der Waals surface area contributed by atoms with Crippen molar-refractivity contribution in [3.05, 3.63) is 71.4 Å². The highest BCUT2D eigenvalue weighted by Crippen LogP contribution is 2.37. The number of hydrogen-bond donors (Lipinski definition) is 1. The zero-order valence-corrected chi connectivity index (χ0v) is 23.4. The van der Waals surface area contributed by atoms with Crippen LogP contribution in [-0.2, 0) is 22.1 Å². The topological polar surface area (TPSA) is 120 Å². The molecule has 0 aliphatic carbocycles. The van der Waals surface area contributed by atoms with Crippen LogP contribution in [0.2, 0.25) is 0 Å². The number of ether oxygens (including phenoxy) is 2. The molecule has 226 valence electrons. The molecule has 1 aromatic carbocycles. The van der Waals surface area contributed by atoms with E-state index in [4.69, 9.17) is 9.47 Å². The largest absolute Gasteiger partial charge is 0.489 e. The van der Waals surface area contributed by atoms with Gasteiger partial charge in [-0.1, -0.05) is 0 Å². The Kier molecular flexibility index (Phi) is 7.94. The van der Waals surface area contributed by atoms with Gasteiger partial charge in [0.15, 0.2) is 11.6 Å². The minimum absolute atomic E-state index is 0.116. The minimum Gasteiger partial charge on any atom is -0.489 e. The van der Waals surface area contributed by atoms with E-state index < -0.39 is 61.9 Å². The molecule has 1 aliphatic heterocycles. The van der Waals surface area contributed by atoms with E-state index in [-0.39, 0.29) is 24.6 Å². The first-order valence-corrected chi connectivity index (χ1v) is 14.3. The second-order valence-corrected chi connectivity index (χ2v) is 11.8. The number of halogens is 5. The number of alkyl halides is 4. The van der Waals surface area contributed by atoms with Crippen LogP contribution in [0, 0.1) is 5.82 Å². The quantitative estimate of drug-likeness (QED) is 0.284. The van der Waals surface area contributed by atoms with Crippen molar-refractivity contribution < 1.29 is 44.6 Å². The van der Waals surface area contributed by atoms with Crippen LogP contribution in [0.1, 0.15) is 35.1 Å². The SMILES string of the molecule is COc1nc(C(C)(F)C(F)F)ccc1-c1ccc2cnc(CNC(=O)c3cc(F)c4c(c3)S(=O)(=O)[C@@H](F)CCO4)cc2n1. The molecule has 1 unspecified atom stereocenters. The van der Waals surface area contributed by atoms with E-state index >= 15 is 0 Å². The van der Waals surface area contributed by atoms with E-state index in [2.05, 4.69) is 20.3 Å². The average molecular weight is 623 g/mol. The molecule has 0 spiro atoms. The highest BCUT2D eigenvalue weighted by molar-refractivity contribution is 7.92. The van der Waals surface area contributed by atoms with Crippen LogP contribution in [-0.4, -0.2) is 54.9 Å². The summed E-state index contributed by atoms with van der Waals surface area (Å²) in [6.07, 6.45) is -2.30. The van der Waals surface area contributed by atoms with Crippen molar-refractivity contribution in [2.24, 2.45) is 0 Å². The molecule has 5 rings (SSSR count). The van der Waals surface area contributed by atoms with Crippen LogP contribution >= 0.6 is 0 Å². The molecule has 15 heteroatoms. The molecule has 4 heterocycles. The number of amides is 1. The summed E-state index contributed by atoms with van der Waals surface area (Å²) in [4.78, 5) is 24.8. The molecule has 2 atom stereocenters. The third-order valence-electron chi connectivity index (χ3n) is 6.81. The Morgan fingerprint density at radius 1 is 1.19 bits per heavy atom. The molecule has 3 aromatic heterocycles. The molecule has 0 fully saturated rings. The van der Waals surface area contributed by atoms with Gasteiger partial charge in [-0.15, -0.1) is 0 Å². The molecular formula is C28H23F5N4O5S. The minimum atomic E-state index is -4.57. The van der Waals surface area contributed by atoms with Gasteiger partial charge < -0.3 is 14.8 Å². The first-order chi connectivity index (χ1) is 20.3. The fourth-order valence-electron chi connectivity index (χ4n) is 4.35. The second-order valence-electron chi connectivity index (χ2n) is 9.75. The fourth-order valence-corrected chi connectivity index (χ4v) is 5.74. The van der Waals surface area contributed by atoms with E-state index in [0.717, 1.165) is 25.1 Å². The fraction of sp³-hybridized carbons (Fsp3) is 0.286. The Balaban J connectivity index is 1.39. The number of nitrogens with zero attached hydrogens (tertiary/aromatic N) is 3. The molecule has 9 nitrogen and oxygen atoms in total. The zero-order chi connectivity index (χ0) is 31.1. The van der Waals surface area contributed by atoms with Gasteiger partial charge >= 0.3 is 0 Å². The van der Waals surface area contributed by atoms with Gasteiger partial charge in [-0.05, 0) is 49.4 Å². The lowest BCUT2D eigenvalue weighted by molar-refractivity contribution is -0.0288. The summed E-state index contributed by atoms with van der Waals surface area (Å²) in [5.74, 6) is -2.72. The van der Waals surface area contributed by atoms with Crippen LogP contribution in [0.15, 0.2) is 53.6 Å². The van der Waals surface area contributed by atoms with Crippen molar-refractivity contribution in [1.82, 2.24) is 20.3 Å². The van der Waals surface area contributed by atoms with Gasteiger partial charge in [0, 0.05) is 23.6 Å². The third kappa shape index (κ3) is 5.68. The summed E-state index contributed by atoms with van der Waals surface area (Å²) >= 11 is 0. The van der Waals surface area contributed by atoms with Crippen molar-refractivity contribution in [2.45, 2.75) is 42.4 Å². The second kappa shape index (κ2) is 11.4. The Morgan fingerprint density at radius 2 is 1.95 bits per heavy atom. The summed E-state index contributed by atoms with van der Waals surface area (Å²) in [6.45, 7) is 0.208. The first-order valence-electron chi connectivity index (χ1n) is 12.7. The molecule has 1 N–H and O–H groups in total. The van der Waals surface area contributed by atoms with Gasteiger partial charge in [-0.25, -0.2) is 40.3 Å². The van der Waals surface area contributed by atoms with Crippen LogP contribution in [0.5, 0.6) is 11.6 Å². The van der Waals surface area contributed by atoms with E-state index in [9.17, 15) is 35.2 Å². The van der Waals surface area contributed by atoms with Crippen molar-refractivity contribution in [3.8, 4) is 22.9 Å². The number of pyridine rings is 3. The monoisotopic (exact) mass is 622 g/mol. The number of nitrogens with one attached hydrogen (secondary N) is 1. The van der Waals surface area contributed by atoms with E-state index in [0.29, 0.717) is 27.9 Å². The summed E-state index contributed by atoms with van der Waals surface area (Å²) in [5.41, 5.74) is -4.78. The van der Waals surface area contributed by atoms with Crippen LogP contribution in [0.3, 0.4) is 0 Å². The van der Waals surface area contributed by atoms with Crippen molar-refractivity contribution in [1.29, 1.82) is 0 Å². The molecule has 0 radical (unpaired) electrons. The lowest BCUT2D eigenvalue weighted by Gasteiger charge is -2.20. The summed E-state index contributed by atoms with van der Waals surface area (Å²) in [6, 6.07) is 8.99. The number of rotatable bonds is 7. The van der Waals surface area contributed by atoms with Gasteiger partial charge in [0.25, 0.3) is 12.3 Å². The Morgan fingerprint density at radius 3 is 2.67 bits per heavy atom. The molecule has 43 heavy (non-hydrogen) atoms. The van der Waals surface area contributed by atoms with Gasteiger partial charge in [-0.2, -0.15) is 0 Å². The standard InChI is InChI=1S/C28H23F5N4O5S/c1-28(33,27(31)32)22-6-4-17(26(37-22)41-2)19-5-3-14-12-34-16(11-20(14)36-19)13-35-25(38)15-9-18(29)24-21(10-15)43(39,40)23(30)7-8-42-24/h3-6,9-12,23,27H,7-8,13H2,1-2H3,(H,35,38)/t23-,28?/m1/s1. The van der Waals surface area contributed by atoms with E-state index in [1.54, 1.807) is 18.2 Å². The van der Waals surface area contributed by atoms with Crippen molar-refractivity contribution >= 4 is 26.6 Å². The van der Waals surface area contributed by atoms with Gasteiger partial charge in [0.05, 0.1) is 48.4 Å².